The lowest BCUT2D eigenvalue weighted by Crippen LogP contribution is -2.73. The molecule has 0 fully saturated rings. The quantitative estimate of drug-likeness (QED) is 0.141. The molecule has 3 atom stereocenters. The van der Waals surface area contributed by atoms with Crippen LogP contribution in [-0.2, 0) is 14.9 Å². The van der Waals surface area contributed by atoms with Crippen LogP contribution >= 0.6 is 0 Å². The van der Waals surface area contributed by atoms with E-state index in [1.807, 2.05) is 0 Å². The van der Waals surface area contributed by atoms with Crippen LogP contribution in [0.15, 0.2) is 0 Å². The molecular weight excluding hydrogens is 619 g/mol. The fourth-order valence-corrected chi connectivity index (χ4v) is 4.90. The van der Waals surface area contributed by atoms with E-state index in [9.17, 15) is 52.3 Å². The van der Waals surface area contributed by atoms with Crippen molar-refractivity contribution in [3.05, 3.63) is 0 Å². The molecule has 0 spiro atoms. The van der Waals surface area contributed by atoms with Gasteiger partial charge >= 0.3 is 39.2 Å². The second-order valence-electron chi connectivity index (χ2n) is 11.5. The molecular formula is C23H35F13O4S. The van der Waals surface area contributed by atoms with Crippen molar-refractivity contribution < 1.29 is 74.8 Å². The van der Waals surface area contributed by atoms with Crippen LogP contribution in [0.1, 0.15) is 81.6 Å². The number of ether oxygens (including phenoxy) is 1. The lowest BCUT2D eigenvalue weighted by molar-refractivity contribution is -0.500. The van der Waals surface area contributed by atoms with Crippen LogP contribution in [-0.4, -0.2) is 54.4 Å². The Hall–Kier alpha value is -1.04. The van der Waals surface area contributed by atoms with Crippen molar-refractivity contribution in [2.24, 2.45) is 21.7 Å². The molecule has 248 valence electrons. The maximum Gasteiger partial charge on any atom is 0.438 e. The van der Waals surface area contributed by atoms with Crippen LogP contribution < -0.4 is 0 Å². The molecule has 0 aromatic carbocycles. The van der Waals surface area contributed by atoms with E-state index in [1.165, 1.54) is 6.92 Å². The minimum atomic E-state index is -7.81. The van der Waals surface area contributed by atoms with E-state index in [0.29, 0.717) is 13.8 Å². The molecule has 0 radical (unpaired) electrons. The van der Waals surface area contributed by atoms with Crippen LogP contribution in [0.4, 0.5) is 57.1 Å². The first-order valence-electron chi connectivity index (χ1n) is 12.1. The summed E-state index contributed by atoms with van der Waals surface area (Å²) in [7, 11) is -7.57. The van der Waals surface area contributed by atoms with Crippen LogP contribution in [0.5, 0.6) is 0 Å². The van der Waals surface area contributed by atoms with Crippen molar-refractivity contribution >= 4 is 10.1 Å². The molecule has 0 saturated carbocycles. The molecule has 0 amide bonds. The first-order chi connectivity index (χ1) is 17.6. The van der Waals surface area contributed by atoms with Crippen LogP contribution in [0.25, 0.3) is 0 Å². The third kappa shape index (κ3) is 5.22. The predicted octanol–water partition coefficient (Wildman–Crippen LogP) is 9.21. The topological polar surface area (TPSA) is 63.6 Å². The average Bonchev–Trinajstić information content (AvgIpc) is 2.80. The van der Waals surface area contributed by atoms with Gasteiger partial charge in [-0.2, -0.15) is 52.3 Å². The Kier molecular flexibility index (Phi) is 10.6. The maximum atomic E-state index is 17.0. The smallest absolute Gasteiger partial charge is 0.281 e. The highest BCUT2D eigenvalue weighted by molar-refractivity contribution is 7.87. The first kappa shape index (κ1) is 40.0. The minimum Gasteiger partial charge on any atom is -0.281 e. The molecule has 0 aliphatic carbocycles. The predicted molar refractivity (Wildman–Crippen MR) is 122 cm³/mol. The van der Waals surface area contributed by atoms with Gasteiger partial charge in [-0.3, -0.25) is 9.29 Å². The van der Waals surface area contributed by atoms with E-state index in [4.69, 9.17) is 4.55 Å². The lowest BCUT2D eigenvalue weighted by atomic mass is 9.52. The molecule has 41 heavy (non-hydrogen) atoms. The van der Waals surface area contributed by atoms with Crippen molar-refractivity contribution in [2.75, 3.05) is 0 Å². The van der Waals surface area contributed by atoms with Gasteiger partial charge < -0.3 is 0 Å². The third-order valence-corrected chi connectivity index (χ3v) is 10.2. The average molecular weight is 655 g/mol. The number of rotatable bonds is 15. The van der Waals surface area contributed by atoms with Gasteiger partial charge in [0.15, 0.2) is 0 Å². The summed E-state index contributed by atoms with van der Waals surface area (Å²) in [5.41, 5.74) is -11.6. The summed E-state index contributed by atoms with van der Waals surface area (Å²) in [5, 5.41) is -7.37. The number of hydrogen-bond donors (Lipinski definition) is 1. The van der Waals surface area contributed by atoms with E-state index in [0.717, 1.165) is 27.7 Å². The highest BCUT2D eigenvalue weighted by Crippen LogP contribution is 2.68. The largest absolute Gasteiger partial charge is 0.438 e. The fraction of sp³-hybridized carbons (Fsp3) is 1.00. The van der Waals surface area contributed by atoms with Crippen LogP contribution in [0, 0.1) is 21.7 Å². The van der Waals surface area contributed by atoms with Gasteiger partial charge in [-0.1, -0.05) is 68.7 Å². The molecule has 0 saturated heterocycles. The SMILES string of the molecule is CCC(C)(C)C(C)(CC)C(F)(OC(F)(F)C(F)(F)C(F)(F)C(F)(F)S(=O)(=O)O)C(F)(F)C(C)(C)C(C)(CC)C(F)F. The van der Waals surface area contributed by atoms with E-state index in [2.05, 4.69) is 4.74 Å². The standard InChI is InChI=1S/C23H35F13O4S/c1-10-14(4,5)17(9,12-3)21(32,18(26,27)15(6,7)16(8,11-2)13(24)25)40-22(33,34)19(28,29)20(30,31)23(35,36)41(37,38)39/h13H,10-12H2,1-9H3,(H,37,38,39). The normalized spacial score (nSPS) is 20.0. The molecule has 0 rings (SSSR count). The van der Waals surface area contributed by atoms with Crippen molar-refractivity contribution in [1.82, 2.24) is 0 Å². The van der Waals surface area contributed by atoms with Gasteiger partial charge in [-0.05, 0) is 18.3 Å². The Balaban J connectivity index is 7.96. The zero-order valence-corrected chi connectivity index (χ0v) is 24.5. The summed E-state index contributed by atoms with van der Waals surface area (Å²) in [6, 6.07) is 0. The molecule has 0 aliphatic rings. The summed E-state index contributed by atoms with van der Waals surface area (Å²) in [6.45, 7) is 6.42. The molecule has 0 aliphatic heterocycles. The van der Waals surface area contributed by atoms with Crippen LogP contribution in [0.2, 0.25) is 0 Å². The highest BCUT2D eigenvalue weighted by Gasteiger charge is 2.88. The van der Waals surface area contributed by atoms with Gasteiger partial charge in [0.2, 0.25) is 6.43 Å². The molecule has 1 N–H and O–H groups in total. The van der Waals surface area contributed by atoms with E-state index >= 15 is 13.2 Å². The number of halogens is 13. The molecule has 0 heterocycles. The van der Waals surface area contributed by atoms with Gasteiger partial charge in [0.1, 0.15) is 0 Å². The second-order valence-corrected chi connectivity index (χ2v) is 13.0. The van der Waals surface area contributed by atoms with Gasteiger partial charge in [0, 0.05) is 16.2 Å². The van der Waals surface area contributed by atoms with Gasteiger partial charge in [0.25, 0.3) is 5.85 Å². The van der Waals surface area contributed by atoms with Crippen molar-refractivity contribution in [3.63, 3.8) is 0 Å². The lowest BCUT2D eigenvalue weighted by Gasteiger charge is -2.59. The maximum absolute atomic E-state index is 17.0. The Morgan fingerprint density at radius 3 is 1.32 bits per heavy atom. The van der Waals surface area contributed by atoms with Gasteiger partial charge in [-0.25, -0.2) is 13.2 Å². The number of hydrogen-bond acceptors (Lipinski definition) is 3. The van der Waals surface area contributed by atoms with Gasteiger partial charge in [0.05, 0.1) is 0 Å². The number of alkyl halides is 13. The Bertz CT molecular complexity index is 1050. The van der Waals surface area contributed by atoms with E-state index < -0.39 is 92.5 Å². The van der Waals surface area contributed by atoms with Gasteiger partial charge in [-0.15, -0.1) is 0 Å². The highest BCUT2D eigenvalue weighted by atomic mass is 32.2. The van der Waals surface area contributed by atoms with E-state index in [1.54, 1.807) is 0 Å². The third-order valence-electron chi connectivity index (χ3n) is 9.35. The summed E-state index contributed by atoms with van der Waals surface area (Å²) in [5.74, 6) is -26.9. The fourth-order valence-electron chi connectivity index (χ4n) is 4.45. The van der Waals surface area contributed by atoms with Crippen molar-refractivity contribution in [3.8, 4) is 0 Å². The van der Waals surface area contributed by atoms with E-state index in [-0.39, 0.29) is 13.8 Å². The molecule has 4 nitrogen and oxygen atoms in total. The minimum absolute atomic E-state index is 0.271. The molecule has 0 bridgehead atoms. The Morgan fingerprint density at radius 1 is 0.659 bits per heavy atom. The molecule has 0 aromatic rings. The van der Waals surface area contributed by atoms with Crippen molar-refractivity contribution in [2.45, 2.75) is 123 Å². The van der Waals surface area contributed by atoms with Crippen LogP contribution in [0.3, 0.4) is 0 Å². The Morgan fingerprint density at radius 2 is 1.05 bits per heavy atom. The molecule has 18 heteroatoms. The van der Waals surface area contributed by atoms with Crippen molar-refractivity contribution in [1.29, 1.82) is 0 Å². The second kappa shape index (κ2) is 10.8. The Labute approximate surface area is 230 Å². The zero-order valence-electron chi connectivity index (χ0n) is 23.7. The summed E-state index contributed by atoms with van der Waals surface area (Å²) < 4.78 is 225. The molecule has 3 unspecified atom stereocenters. The summed E-state index contributed by atoms with van der Waals surface area (Å²) in [6.07, 6.45) is -13.4. The molecule has 0 aromatic heterocycles. The monoisotopic (exact) mass is 654 g/mol. The summed E-state index contributed by atoms with van der Waals surface area (Å²) >= 11 is 0. The zero-order chi connectivity index (χ0) is 33.9. The first-order valence-corrected chi connectivity index (χ1v) is 13.6. The summed E-state index contributed by atoms with van der Waals surface area (Å²) in [4.78, 5) is 0.